The van der Waals surface area contributed by atoms with Crippen LogP contribution in [-0.4, -0.2) is 11.0 Å². The van der Waals surface area contributed by atoms with Gasteiger partial charge >= 0.3 is 0 Å². The maximum Gasteiger partial charge on any atom is 0.0968 e. The Kier molecular flexibility index (Phi) is 3.54. The van der Waals surface area contributed by atoms with Crippen LogP contribution in [0.1, 0.15) is 36.4 Å². The van der Waals surface area contributed by atoms with Crippen molar-refractivity contribution >= 4 is 11.3 Å². The molecule has 82 valence electrons. The van der Waals surface area contributed by atoms with Gasteiger partial charge in [-0.05, 0) is 26.2 Å². The van der Waals surface area contributed by atoms with Gasteiger partial charge in [-0.3, -0.25) is 0 Å². The molecule has 2 rings (SSSR count). The molecule has 0 bridgehead atoms. The molecule has 15 heavy (non-hydrogen) atoms. The van der Waals surface area contributed by atoms with Crippen LogP contribution in [0.4, 0.5) is 0 Å². The highest BCUT2D eigenvalue weighted by molar-refractivity contribution is 7.09. The second-order valence-corrected chi connectivity index (χ2v) is 5.24. The number of thiazole rings is 1. The van der Waals surface area contributed by atoms with Gasteiger partial charge in [-0.2, -0.15) is 0 Å². The summed E-state index contributed by atoms with van der Waals surface area (Å²) < 4.78 is 0. The predicted molar refractivity (Wildman–Crippen MR) is 65.1 cm³/mol. The number of nitrogens with zero attached hydrogens (tertiary/aromatic N) is 1. The van der Waals surface area contributed by atoms with Crippen molar-refractivity contribution in [2.75, 3.05) is 0 Å². The zero-order valence-corrected chi connectivity index (χ0v) is 10.0. The number of aryl methyl sites for hydroxylation is 1. The molecule has 0 fully saturated rings. The highest BCUT2D eigenvalue weighted by atomic mass is 32.1. The molecule has 1 heterocycles. The second-order valence-electron chi connectivity index (χ2n) is 4.29. The van der Waals surface area contributed by atoms with Crippen molar-refractivity contribution in [2.24, 2.45) is 5.73 Å². The van der Waals surface area contributed by atoms with Gasteiger partial charge in [0.25, 0.3) is 0 Å². The SMILES string of the molecule is Cc1csc(CC2=CC(N)CCCC2)n1. The average molecular weight is 222 g/mol. The fourth-order valence-electron chi connectivity index (χ4n) is 2.03. The summed E-state index contributed by atoms with van der Waals surface area (Å²) in [7, 11) is 0. The lowest BCUT2D eigenvalue weighted by atomic mass is 10.1. The molecular weight excluding hydrogens is 204 g/mol. The van der Waals surface area contributed by atoms with E-state index in [0.29, 0.717) is 0 Å². The number of nitrogens with two attached hydrogens (primary N) is 1. The topological polar surface area (TPSA) is 38.9 Å². The van der Waals surface area contributed by atoms with Gasteiger partial charge in [0.1, 0.15) is 0 Å². The Labute approximate surface area is 95.2 Å². The number of rotatable bonds is 2. The van der Waals surface area contributed by atoms with Crippen molar-refractivity contribution in [3.63, 3.8) is 0 Å². The Morgan fingerprint density at radius 3 is 3.13 bits per heavy atom. The smallest absolute Gasteiger partial charge is 0.0968 e. The molecule has 2 N–H and O–H groups in total. The molecule has 0 radical (unpaired) electrons. The van der Waals surface area contributed by atoms with Crippen molar-refractivity contribution in [1.29, 1.82) is 0 Å². The van der Waals surface area contributed by atoms with E-state index >= 15 is 0 Å². The van der Waals surface area contributed by atoms with Gasteiger partial charge in [-0.25, -0.2) is 4.98 Å². The summed E-state index contributed by atoms with van der Waals surface area (Å²) in [4.78, 5) is 4.50. The lowest BCUT2D eigenvalue weighted by Gasteiger charge is -2.04. The second kappa shape index (κ2) is 4.90. The number of hydrogen-bond acceptors (Lipinski definition) is 3. The largest absolute Gasteiger partial charge is 0.324 e. The van der Waals surface area contributed by atoms with Crippen LogP contribution in [0.15, 0.2) is 17.0 Å². The molecule has 1 atom stereocenters. The summed E-state index contributed by atoms with van der Waals surface area (Å²) in [5.41, 5.74) is 8.60. The molecule has 1 aromatic heterocycles. The average Bonchev–Trinajstić information content (AvgIpc) is 2.46. The number of hydrogen-bond donors (Lipinski definition) is 1. The molecule has 1 aliphatic carbocycles. The van der Waals surface area contributed by atoms with Gasteiger partial charge in [0, 0.05) is 23.5 Å². The van der Waals surface area contributed by atoms with E-state index in [1.54, 1.807) is 11.3 Å². The van der Waals surface area contributed by atoms with E-state index < -0.39 is 0 Å². The van der Waals surface area contributed by atoms with Crippen LogP contribution in [0.25, 0.3) is 0 Å². The van der Waals surface area contributed by atoms with Crippen molar-refractivity contribution in [3.05, 3.63) is 27.7 Å². The fourth-order valence-corrected chi connectivity index (χ4v) is 2.85. The van der Waals surface area contributed by atoms with E-state index in [1.807, 2.05) is 6.92 Å². The van der Waals surface area contributed by atoms with Gasteiger partial charge < -0.3 is 5.73 Å². The van der Waals surface area contributed by atoms with E-state index in [-0.39, 0.29) is 6.04 Å². The molecule has 0 amide bonds. The molecule has 0 aromatic carbocycles. The van der Waals surface area contributed by atoms with Crippen molar-refractivity contribution in [2.45, 2.75) is 45.1 Å². The van der Waals surface area contributed by atoms with Crippen LogP contribution in [0.2, 0.25) is 0 Å². The Hall–Kier alpha value is -0.670. The van der Waals surface area contributed by atoms with Gasteiger partial charge in [-0.1, -0.05) is 18.1 Å². The minimum absolute atomic E-state index is 0.267. The van der Waals surface area contributed by atoms with Crippen molar-refractivity contribution in [1.82, 2.24) is 4.98 Å². The third-order valence-corrected chi connectivity index (χ3v) is 3.75. The minimum Gasteiger partial charge on any atom is -0.324 e. The molecule has 0 saturated heterocycles. The Morgan fingerprint density at radius 1 is 1.53 bits per heavy atom. The highest BCUT2D eigenvalue weighted by Gasteiger charge is 2.10. The molecule has 1 unspecified atom stereocenters. The molecule has 0 aliphatic heterocycles. The zero-order chi connectivity index (χ0) is 10.7. The van der Waals surface area contributed by atoms with Gasteiger partial charge in [0.15, 0.2) is 0 Å². The van der Waals surface area contributed by atoms with E-state index in [9.17, 15) is 0 Å². The van der Waals surface area contributed by atoms with Crippen LogP contribution in [0.5, 0.6) is 0 Å². The first-order valence-corrected chi connectivity index (χ1v) is 6.48. The summed E-state index contributed by atoms with van der Waals surface area (Å²) in [6, 6.07) is 0.267. The first kappa shape index (κ1) is 10.8. The van der Waals surface area contributed by atoms with Crippen LogP contribution >= 0.6 is 11.3 Å². The number of allylic oxidation sites excluding steroid dienone is 1. The monoisotopic (exact) mass is 222 g/mol. The van der Waals surface area contributed by atoms with Crippen molar-refractivity contribution in [3.8, 4) is 0 Å². The number of aromatic nitrogens is 1. The van der Waals surface area contributed by atoms with Crippen LogP contribution in [0, 0.1) is 6.92 Å². The quantitative estimate of drug-likeness (QED) is 0.781. The summed E-state index contributed by atoms with van der Waals surface area (Å²) in [6.45, 7) is 2.05. The molecular formula is C12H18N2S. The lowest BCUT2D eigenvalue weighted by molar-refractivity contribution is 0.654. The van der Waals surface area contributed by atoms with E-state index in [0.717, 1.165) is 18.5 Å². The maximum atomic E-state index is 5.99. The maximum absolute atomic E-state index is 5.99. The van der Waals surface area contributed by atoms with Crippen molar-refractivity contribution < 1.29 is 0 Å². The normalized spacial score (nSPS) is 22.3. The Morgan fingerprint density at radius 2 is 2.40 bits per heavy atom. The molecule has 1 aliphatic rings. The predicted octanol–water partition coefficient (Wildman–Crippen LogP) is 2.82. The van der Waals surface area contributed by atoms with E-state index in [2.05, 4.69) is 16.4 Å². The molecule has 2 nitrogen and oxygen atoms in total. The zero-order valence-electron chi connectivity index (χ0n) is 9.20. The Balaban J connectivity index is 2.04. The van der Waals surface area contributed by atoms with Crippen LogP contribution in [-0.2, 0) is 6.42 Å². The summed E-state index contributed by atoms with van der Waals surface area (Å²) >= 11 is 1.76. The summed E-state index contributed by atoms with van der Waals surface area (Å²) in [5, 5.41) is 3.35. The highest BCUT2D eigenvalue weighted by Crippen LogP contribution is 2.21. The van der Waals surface area contributed by atoms with Gasteiger partial charge in [0.05, 0.1) is 5.01 Å². The van der Waals surface area contributed by atoms with E-state index in [1.165, 1.54) is 29.8 Å². The molecule has 3 heteroatoms. The van der Waals surface area contributed by atoms with Gasteiger partial charge in [-0.15, -0.1) is 11.3 Å². The Bertz CT molecular complexity index is 354. The third kappa shape index (κ3) is 3.14. The van der Waals surface area contributed by atoms with Gasteiger partial charge in [0.2, 0.25) is 0 Å². The molecule has 0 spiro atoms. The van der Waals surface area contributed by atoms with Crippen LogP contribution in [0.3, 0.4) is 0 Å². The molecule has 0 saturated carbocycles. The first-order chi connectivity index (χ1) is 7.24. The third-order valence-electron chi connectivity index (χ3n) is 2.78. The minimum atomic E-state index is 0.267. The fraction of sp³-hybridized carbons (Fsp3) is 0.583. The van der Waals surface area contributed by atoms with Crippen LogP contribution < -0.4 is 5.73 Å². The standard InChI is InChI=1S/C12H18N2S/c1-9-8-15-12(14-9)7-10-4-2-3-5-11(13)6-10/h6,8,11H,2-5,7,13H2,1H3. The summed E-state index contributed by atoms with van der Waals surface area (Å²) in [6.07, 6.45) is 8.14. The first-order valence-electron chi connectivity index (χ1n) is 5.60. The molecule has 1 aromatic rings. The van der Waals surface area contributed by atoms with E-state index in [4.69, 9.17) is 5.73 Å². The summed E-state index contributed by atoms with van der Waals surface area (Å²) in [5.74, 6) is 0. The lowest BCUT2D eigenvalue weighted by Crippen LogP contribution is -2.16.